The van der Waals surface area contributed by atoms with Crippen molar-refractivity contribution < 1.29 is 4.74 Å². The van der Waals surface area contributed by atoms with Gasteiger partial charge in [0.25, 0.3) is 0 Å². The van der Waals surface area contributed by atoms with Crippen LogP contribution in [-0.2, 0) is 4.74 Å². The third-order valence-corrected chi connectivity index (χ3v) is 1.65. The molecule has 0 saturated carbocycles. The summed E-state index contributed by atoms with van der Waals surface area (Å²) in [4.78, 5) is 0. The van der Waals surface area contributed by atoms with Gasteiger partial charge in [-0.15, -0.1) is 5.92 Å². The number of nitrogens with zero attached hydrogens (tertiary/aromatic N) is 1. The van der Waals surface area contributed by atoms with E-state index in [1.807, 2.05) is 6.92 Å². The van der Waals surface area contributed by atoms with Gasteiger partial charge in [-0.1, -0.05) is 26.2 Å². The molecule has 0 rings (SSSR count). The number of hydrogen-bond donors (Lipinski definition) is 0. The molecule has 0 aromatic rings. The van der Waals surface area contributed by atoms with Crippen LogP contribution in [0.15, 0.2) is 0 Å². The van der Waals surface area contributed by atoms with Crippen molar-refractivity contribution in [3.05, 3.63) is 0 Å². The standard InChI is InChI=1S/C11H17NO/c1-3-5-6-7-8-9-13-11(4-2)10-12/h11H,3-6,9H2,1-2H3. The summed E-state index contributed by atoms with van der Waals surface area (Å²) >= 11 is 0. The summed E-state index contributed by atoms with van der Waals surface area (Å²) in [5.41, 5.74) is 0. The smallest absolute Gasteiger partial charge is 0.145 e. The normalized spacial score (nSPS) is 11.2. The van der Waals surface area contributed by atoms with Crippen LogP contribution in [0.5, 0.6) is 0 Å². The van der Waals surface area contributed by atoms with Crippen LogP contribution in [0.25, 0.3) is 0 Å². The van der Waals surface area contributed by atoms with E-state index >= 15 is 0 Å². The zero-order chi connectivity index (χ0) is 9.94. The van der Waals surface area contributed by atoms with Gasteiger partial charge >= 0.3 is 0 Å². The summed E-state index contributed by atoms with van der Waals surface area (Å²) in [5.74, 6) is 5.90. The Bertz CT molecular complexity index is 206. The van der Waals surface area contributed by atoms with E-state index in [-0.39, 0.29) is 6.10 Å². The molecule has 0 fully saturated rings. The highest BCUT2D eigenvalue weighted by Gasteiger charge is 2.00. The Labute approximate surface area is 80.9 Å². The van der Waals surface area contributed by atoms with Crippen molar-refractivity contribution in [3.8, 4) is 17.9 Å². The predicted octanol–water partition coefficient (Wildman–Crippen LogP) is 2.50. The van der Waals surface area contributed by atoms with Gasteiger partial charge in [-0.3, -0.25) is 0 Å². The molecular weight excluding hydrogens is 162 g/mol. The van der Waals surface area contributed by atoms with Gasteiger partial charge in [-0.05, 0) is 12.8 Å². The number of ether oxygens (including phenoxy) is 1. The van der Waals surface area contributed by atoms with E-state index in [1.165, 1.54) is 6.42 Å². The Morgan fingerprint density at radius 1 is 1.31 bits per heavy atom. The first-order chi connectivity index (χ1) is 6.35. The van der Waals surface area contributed by atoms with Gasteiger partial charge < -0.3 is 4.74 Å². The van der Waals surface area contributed by atoms with Gasteiger partial charge in [0, 0.05) is 6.42 Å². The highest BCUT2D eigenvalue weighted by molar-refractivity contribution is 4.99. The number of rotatable bonds is 5. The van der Waals surface area contributed by atoms with E-state index < -0.39 is 0 Å². The minimum absolute atomic E-state index is 0.291. The third-order valence-electron chi connectivity index (χ3n) is 1.65. The molecule has 0 aliphatic heterocycles. The van der Waals surface area contributed by atoms with Crippen molar-refractivity contribution >= 4 is 0 Å². The molecule has 0 radical (unpaired) electrons. The summed E-state index contributed by atoms with van der Waals surface area (Å²) < 4.78 is 5.19. The summed E-state index contributed by atoms with van der Waals surface area (Å²) in [6, 6.07) is 2.06. The fourth-order valence-corrected chi connectivity index (χ4v) is 0.793. The molecule has 1 atom stereocenters. The van der Waals surface area contributed by atoms with Gasteiger partial charge in [0.2, 0.25) is 0 Å². The molecule has 0 spiro atoms. The lowest BCUT2D eigenvalue weighted by Gasteiger charge is -2.02. The van der Waals surface area contributed by atoms with Crippen LogP contribution >= 0.6 is 0 Å². The minimum atomic E-state index is -0.291. The van der Waals surface area contributed by atoms with Crippen LogP contribution in [0.3, 0.4) is 0 Å². The lowest BCUT2D eigenvalue weighted by atomic mass is 10.2. The van der Waals surface area contributed by atoms with Crippen molar-refractivity contribution in [2.45, 2.75) is 45.6 Å². The van der Waals surface area contributed by atoms with Crippen LogP contribution in [0, 0.1) is 23.2 Å². The second kappa shape index (κ2) is 9.10. The third kappa shape index (κ3) is 7.37. The molecule has 1 unspecified atom stereocenters. The highest BCUT2D eigenvalue weighted by Crippen LogP contribution is 1.94. The van der Waals surface area contributed by atoms with Crippen molar-refractivity contribution in [2.24, 2.45) is 0 Å². The van der Waals surface area contributed by atoms with Crippen molar-refractivity contribution in [2.75, 3.05) is 6.61 Å². The Morgan fingerprint density at radius 3 is 2.62 bits per heavy atom. The molecule has 13 heavy (non-hydrogen) atoms. The predicted molar refractivity (Wildman–Crippen MR) is 52.9 cm³/mol. The Kier molecular flexibility index (Phi) is 8.41. The van der Waals surface area contributed by atoms with E-state index in [9.17, 15) is 0 Å². The Balaban J connectivity index is 3.41. The summed E-state index contributed by atoms with van der Waals surface area (Å²) in [5, 5.41) is 8.54. The van der Waals surface area contributed by atoms with E-state index in [0.29, 0.717) is 6.61 Å². The quantitative estimate of drug-likeness (QED) is 0.480. The summed E-state index contributed by atoms with van der Waals surface area (Å²) in [6.07, 6.45) is 3.69. The van der Waals surface area contributed by atoms with E-state index in [2.05, 4.69) is 24.8 Å². The maximum absolute atomic E-state index is 8.54. The lowest BCUT2D eigenvalue weighted by Crippen LogP contribution is -2.08. The van der Waals surface area contributed by atoms with E-state index in [4.69, 9.17) is 10.00 Å². The second-order valence-electron chi connectivity index (χ2n) is 2.79. The molecule has 2 nitrogen and oxygen atoms in total. The Hall–Kier alpha value is -0.990. The van der Waals surface area contributed by atoms with Gasteiger partial charge in [-0.2, -0.15) is 5.26 Å². The van der Waals surface area contributed by atoms with E-state index in [1.54, 1.807) is 0 Å². The lowest BCUT2D eigenvalue weighted by molar-refractivity contribution is 0.116. The average molecular weight is 179 g/mol. The number of unbranched alkanes of at least 4 members (excludes halogenated alkanes) is 2. The summed E-state index contributed by atoms with van der Waals surface area (Å²) in [6.45, 7) is 4.45. The molecule has 0 heterocycles. The zero-order valence-electron chi connectivity index (χ0n) is 8.47. The van der Waals surface area contributed by atoms with Gasteiger partial charge in [0.05, 0.1) is 6.07 Å². The summed E-state index contributed by atoms with van der Waals surface area (Å²) in [7, 11) is 0. The molecule has 0 aliphatic carbocycles. The number of hydrogen-bond acceptors (Lipinski definition) is 2. The molecule has 0 amide bonds. The van der Waals surface area contributed by atoms with Crippen molar-refractivity contribution in [1.29, 1.82) is 5.26 Å². The molecule has 0 aromatic heterocycles. The SMILES string of the molecule is CCCCC#CCOC(C#N)CC. The van der Waals surface area contributed by atoms with Gasteiger partial charge in [0.1, 0.15) is 12.7 Å². The van der Waals surface area contributed by atoms with Crippen LogP contribution in [0.4, 0.5) is 0 Å². The minimum Gasteiger partial charge on any atom is -0.351 e. The first kappa shape index (κ1) is 12.0. The fraction of sp³-hybridized carbons (Fsp3) is 0.727. The van der Waals surface area contributed by atoms with Crippen LogP contribution in [0.2, 0.25) is 0 Å². The molecule has 0 aliphatic rings. The molecule has 72 valence electrons. The van der Waals surface area contributed by atoms with Crippen molar-refractivity contribution in [1.82, 2.24) is 0 Å². The molecule has 0 aromatic carbocycles. The monoisotopic (exact) mass is 179 g/mol. The largest absolute Gasteiger partial charge is 0.351 e. The number of nitriles is 1. The fourth-order valence-electron chi connectivity index (χ4n) is 0.793. The maximum atomic E-state index is 8.54. The Morgan fingerprint density at radius 2 is 2.08 bits per heavy atom. The second-order valence-corrected chi connectivity index (χ2v) is 2.79. The highest BCUT2D eigenvalue weighted by atomic mass is 16.5. The zero-order valence-corrected chi connectivity index (χ0v) is 8.47. The topological polar surface area (TPSA) is 33.0 Å². The molecule has 0 N–H and O–H groups in total. The molecule has 0 saturated heterocycles. The van der Waals surface area contributed by atoms with E-state index in [0.717, 1.165) is 19.3 Å². The first-order valence-electron chi connectivity index (χ1n) is 4.82. The van der Waals surface area contributed by atoms with Crippen LogP contribution < -0.4 is 0 Å². The first-order valence-corrected chi connectivity index (χ1v) is 4.82. The molecular formula is C11H17NO. The van der Waals surface area contributed by atoms with Crippen LogP contribution in [-0.4, -0.2) is 12.7 Å². The molecule has 2 heteroatoms. The average Bonchev–Trinajstić information content (AvgIpc) is 2.17. The maximum Gasteiger partial charge on any atom is 0.145 e. The molecule has 0 bridgehead atoms. The van der Waals surface area contributed by atoms with Gasteiger partial charge in [-0.25, -0.2) is 0 Å². The van der Waals surface area contributed by atoms with Crippen molar-refractivity contribution in [3.63, 3.8) is 0 Å². The van der Waals surface area contributed by atoms with Crippen LogP contribution in [0.1, 0.15) is 39.5 Å². The van der Waals surface area contributed by atoms with Gasteiger partial charge in [0.15, 0.2) is 0 Å².